The molecule has 1 amide bonds. The summed E-state index contributed by atoms with van der Waals surface area (Å²) in [5, 5.41) is 6.47. The van der Waals surface area contributed by atoms with Gasteiger partial charge in [0, 0.05) is 16.6 Å². The zero-order valence-electron chi connectivity index (χ0n) is 12.6. The maximum atomic E-state index is 12.6. The largest absolute Gasteiger partial charge is 0.370 e. The van der Waals surface area contributed by atoms with Gasteiger partial charge in [-0.1, -0.05) is 36.4 Å². The van der Waals surface area contributed by atoms with Crippen molar-refractivity contribution in [3.8, 4) is 0 Å². The molecule has 2 aromatic carbocycles. The number of rotatable bonds is 6. The van der Waals surface area contributed by atoms with Gasteiger partial charge in [-0.15, -0.1) is 11.8 Å². The maximum absolute atomic E-state index is 12.6. The van der Waals surface area contributed by atoms with E-state index < -0.39 is 0 Å². The topological polar surface area (TPSA) is 41.1 Å². The van der Waals surface area contributed by atoms with Gasteiger partial charge in [-0.2, -0.15) is 0 Å². The first-order valence-corrected chi connectivity index (χ1v) is 8.74. The Labute approximate surface area is 135 Å². The summed E-state index contributed by atoms with van der Waals surface area (Å²) in [6, 6.07) is 18.0. The van der Waals surface area contributed by atoms with E-state index in [1.165, 1.54) is 4.90 Å². The number of hydrogen-bond donors (Lipinski definition) is 2. The Bertz CT molecular complexity index is 641. The molecular formula is C18H20N2OS. The van der Waals surface area contributed by atoms with Gasteiger partial charge in [0.2, 0.25) is 5.91 Å². The number of hydrogen-bond acceptors (Lipinski definition) is 3. The molecule has 0 saturated heterocycles. The first kappa shape index (κ1) is 15.0. The Morgan fingerprint density at radius 2 is 1.91 bits per heavy atom. The Hall–Kier alpha value is -1.94. The lowest BCUT2D eigenvalue weighted by atomic mass is 10.1. The number of carbonyl (C=O) groups is 1. The fraction of sp³-hybridized carbons (Fsp3) is 0.278. The van der Waals surface area contributed by atoms with Gasteiger partial charge >= 0.3 is 0 Å². The highest BCUT2D eigenvalue weighted by Gasteiger charge is 2.28. The predicted molar refractivity (Wildman–Crippen MR) is 92.2 cm³/mol. The van der Waals surface area contributed by atoms with E-state index >= 15 is 0 Å². The van der Waals surface area contributed by atoms with Crippen molar-refractivity contribution in [2.75, 3.05) is 11.6 Å². The van der Waals surface area contributed by atoms with Crippen LogP contribution in [0.2, 0.25) is 0 Å². The van der Waals surface area contributed by atoms with E-state index in [9.17, 15) is 4.79 Å². The van der Waals surface area contributed by atoms with E-state index in [1.807, 2.05) is 48.7 Å². The number of carbonyl (C=O) groups excluding carboxylic acids is 1. The zero-order chi connectivity index (χ0) is 15.4. The highest BCUT2D eigenvalue weighted by atomic mass is 32.2. The molecule has 0 radical (unpaired) electrons. The van der Waals surface area contributed by atoms with Crippen LogP contribution in [-0.4, -0.2) is 18.2 Å². The molecule has 1 aliphatic carbocycles. The molecule has 1 atom stereocenters. The van der Waals surface area contributed by atoms with Crippen molar-refractivity contribution in [1.29, 1.82) is 0 Å². The summed E-state index contributed by atoms with van der Waals surface area (Å²) in [4.78, 5) is 13.8. The summed E-state index contributed by atoms with van der Waals surface area (Å²) in [5.41, 5.74) is 1.95. The van der Waals surface area contributed by atoms with Crippen LogP contribution in [0.3, 0.4) is 0 Å². The number of amides is 1. The van der Waals surface area contributed by atoms with E-state index in [0.29, 0.717) is 6.04 Å². The second-order valence-corrected chi connectivity index (χ2v) is 6.38. The highest BCUT2D eigenvalue weighted by Crippen LogP contribution is 2.25. The SMILES string of the molecule is CSc1cccc(NC(C(=O)NC2CC2)c2ccccc2)c1. The van der Waals surface area contributed by atoms with Gasteiger partial charge < -0.3 is 10.6 Å². The summed E-state index contributed by atoms with van der Waals surface area (Å²) in [6.45, 7) is 0. The fourth-order valence-electron chi connectivity index (χ4n) is 2.34. The minimum absolute atomic E-state index is 0.0447. The molecule has 0 bridgehead atoms. The molecule has 3 rings (SSSR count). The average molecular weight is 312 g/mol. The minimum atomic E-state index is -0.362. The van der Waals surface area contributed by atoms with Gasteiger partial charge in [0.25, 0.3) is 0 Å². The molecule has 1 saturated carbocycles. The highest BCUT2D eigenvalue weighted by molar-refractivity contribution is 7.98. The lowest BCUT2D eigenvalue weighted by Gasteiger charge is -2.20. The van der Waals surface area contributed by atoms with Crippen LogP contribution >= 0.6 is 11.8 Å². The lowest BCUT2D eigenvalue weighted by molar-refractivity contribution is -0.122. The Morgan fingerprint density at radius 3 is 2.59 bits per heavy atom. The molecule has 2 N–H and O–H groups in total. The van der Waals surface area contributed by atoms with Crippen LogP contribution in [0.5, 0.6) is 0 Å². The van der Waals surface area contributed by atoms with Crippen molar-refractivity contribution in [3.05, 3.63) is 60.2 Å². The Balaban J connectivity index is 1.82. The molecule has 1 unspecified atom stereocenters. The summed E-state index contributed by atoms with van der Waals surface area (Å²) in [5.74, 6) is 0.0447. The normalized spacial score (nSPS) is 15.1. The summed E-state index contributed by atoms with van der Waals surface area (Å²) >= 11 is 1.69. The van der Waals surface area contributed by atoms with E-state index in [0.717, 1.165) is 24.1 Å². The first-order valence-electron chi connectivity index (χ1n) is 7.52. The molecule has 0 aliphatic heterocycles. The molecule has 4 heteroatoms. The van der Waals surface area contributed by atoms with Crippen LogP contribution in [0.15, 0.2) is 59.5 Å². The molecule has 1 fully saturated rings. The predicted octanol–water partition coefficient (Wildman–Crippen LogP) is 3.84. The van der Waals surface area contributed by atoms with Crippen LogP contribution in [0, 0.1) is 0 Å². The van der Waals surface area contributed by atoms with E-state index in [4.69, 9.17) is 0 Å². The van der Waals surface area contributed by atoms with Gasteiger partial charge in [0.1, 0.15) is 6.04 Å². The monoisotopic (exact) mass is 312 g/mol. The third-order valence-corrected chi connectivity index (χ3v) is 4.42. The van der Waals surface area contributed by atoms with Gasteiger partial charge in [-0.05, 0) is 42.9 Å². The van der Waals surface area contributed by atoms with Crippen molar-refractivity contribution in [2.24, 2.45) is 0 Å². The van der Waals surface area contributed by atoms with Gasteiger partial charge in [-0.3, -0.25) is 4.79 Å². The minimum Gasteiger partial charge on any atom is -0.370 e. The summed E-state index contributed by atoms with van der Waals surface area (Å²) < 4.78 is 0. The second kappa shape index (κ2) is 6.88. The fourth-order valence-corrected chi connectivity index (χ4v) is 2.80. The van der Waals surface area contributed by atoms with E-state index in [2.05, 4.69) is 22.8 Å². The second-order valence-electron chi connectivity index (χ2n) is 5.50. The average Bonchev–Trinajstić information content (AvgIpc) is 3.37. The summed E-state index contributed by atoms with van der Waals surface area (Å²) in [7, 11) is 0. The third kappa shape index (κ3) is 3.83. The van der Waals surface area contributed by atoms with Crippen LogP contribution in [0.25, 0.3) is 0 Å². The standard InChI is InChI=1S/C18H20N2OS/c1-22-16-9-5-8-15(12-16)19-17(13-6-3-2-4-7-13)18(21)20-14-10-11-14/h2-9,12,14,17,19H,10-11H2,1H3,(H,20,21). The molecule has 22 heavy (non-hydrogen) atoms. The number of nitrogens with one attached hydrogen (secondary N) is 2. The summed E-state index contributed by atoms with van der Waals surface area (Å²) in [6.07, 6.45) is 4.23. The zero-order valence-corrected chi connectivity index (χ0v) is 13.4. The van der Waals surface area contributed by atoms with Crippen LogP contribution < -0.4 is 10.6 Å². The molecule has 0 spiro atoms. The van der Waals surface area contributed by atoms with Gasteiger partial charge in [0.05, 0.1) is 0 Å². The van der Waals surface area contributed by atoms with Crippen molar-refractivity contribution < 1.29 is 4.79 Å². The first-order chi connectivity index (χ1) is 10.8. The molecule has 114 valence electrons. The van der Waals surface area contributed by atoms with E-state index in [-0.39, 0.29) is 11.9 Å². The van der Waals surface area contributed by atoms with Crippen molar-refractivity contribution >= 4 is 23.4 Å². The maximum Gasteiger partial charge on any atom is 0.247 e. The van der Waals surface area contributed by atoms with E-state index in [1.54, 1.807) is 11.8 Å². The quantitative estimate of drug-likeness (QED) is 0.796. The molecule has 0 heterocycles. The van der Waals surface area contributed by atoms with Crippen molar-refractivity contribution in [2.45, 2.75) is 29.8 Å². The molecule has 1 aliphatic rings. The van der Waals surface area contributed by atoms with Crippen LogP contribution in [0.1, 0.15) is 24.4 Å². The molecule has 0 aromatic heterocycles. The Morgan fingerprint density at radius 1 is 1.14 bits per heavy atom. The lowest BCUT2D eigenvalue weighted by Crippen LogP contribution is -2.34. The van der Waals surface area contributed by atoms with Crippen LogP contribution in [0.4, 0.5) is 5.69 Å². The van der Waals surface area contributed by atoms with Crippen molar-refractivity contribution in [3.63, 3.8) is 0 Å². The van der Waals surface area contributed by atoms with Crippen molar-refractivity contribution in [1.82, 2.24) is 5.32 Å². The third-order valence-electron chi connectivity index (χ3n) is 3.70. The number of anilines is 1. The number of benzene rings is 2. The number of thioether (sulfide) groups is 1. The molecule has 2 aromatic rings. The van der Waals surface area contributed by atoms with Gasteiger partial charge in [0.15, 0.2) is 0 Å². The smallest absolute Gasteiger partial charge is 0.247 e. The molecule has 3 nitrogen and oxygen atoms in total. The molecular weight excluding hydrogens is 292 g/mol. The van der Waals surface area contributed by atoms with Crippen LogP contribution in [-0.2, 0) is 4.79 Å². The van der Waals surface area contributed by atoms with Gasteiger partial charge in [-0.25, -0.2) is 0 Å². The Kier molecular flexibility index (Phi) is 4.68.